The van der Waals surface area contributed by atoms with Gasteiger partial charge in [-0.15, -0.1) is 0 Å². The molecule has 0 saturated heterocycles. The molecule has 0 aliphatic rings. The lowest BCUT2D eigenvalue weighted by Crippen LogP contribution is -2.29. The molecule has 0 aromatic heterocycles. The van der Waals surface area contributed by atoms with Gasteiger partial charge in [-0.05, 0) is 13.3 Å². The van der Waals surface area contributed by atoms with Crippen molar-refractivity contribution in [2.75, 3.05) is 12.4 Å². The van der Waals surface area contributed by atoms with Crippen LogP contribution in [0.2, 0.25) is 0 Å². The van der Waals surface area contributed by atoms with Crippen molar-refractivity contribution in [1.82, 2.24) is 0 Å². The van der Waals surface area contributed by atoms with Gasteiger partial charge < -0.3 is 4.74 Å². The third kappa shape index (κ3) is 11.3. The average Bonchev–Trinajstić information content (AvgIpc) is 2.18. The fraction of sp³-hybridized carbons (Fsp3) is 1.00. The first kappa shape index (κ1) is 18.2. The Morgan fingerprint density at radius 1 is 1.22 bits per heavy atom. The third-order valence-corrected chi connectivity index (χ3v) is 4.24. The first-order chi connectivity index (χ1) is 8.16. The smallest absolute Gasteiger partial charge is 0.233 e. The Balaban J connectivity index is 3.86. The van der Waals surface area contributed by atoms with Gasteiger partial charge in [0.05, 0.1) is 18.5 Å². The minimum Gasteiger partial charge on any atom is -0.378 e. The van der Waals surface area contributed by atoms with Crippen LogP contribution in [-0.4, -0.2) is 26.9 Å². The molecule has 0 saturated carbocycles. The van der Waals surface area contributed by atoms with Crippen molar-refractivity contribution in [2.45, 2.75) is 65.9 Å². The summed E-state index contributed by atoms with van der Waals surface area (Å²) in [6, 6.07) is 0. The second-order valence-electron chi connectivity index (χ2n) is 5.82. The van der Waals surface area contributed by atoms with Gasteiger partial charge in [0.25, 0.3) is 0 Å². The lowest BCUT2D eigenvalue weighted by molar-refractivity contribution is 0.0144. The van der Waals surface area contributed by atoms with Gasteiger partial charge in [-0.1, -0.05) is 46.5 Å². The van der Waals surface area contributed by atoms with Crippen LogP contribution in [0.25, 0.3) is 0 Å². The van der Waals surface area contributed by atoms with Crippen LogP contribution in [0, 0.1) is 5.41 Å². The van der Waals surface area contributed by atoms with Crippen molar-refractivity contribution in [3.05, 3.63) is 0 Å². The fourth-order valence-corrected chi connectivity index (χ4v) is 3.72. The maximum atomic E-state index is 11.0. The zero-order valence-corrected chi connectivity index (χ0v) is 13.6. The van der Waals surface area contributed by atoms with Crippen LogP contribution in [0.5, 0.6) is 0 Å². The molecule has 0 heterocycles. The van der Waals surface area contributed by atoms with Crippen molar-refractivity contribution in [1.29, 1.82) is 0 Å². The minimum atomic E-state index is -3.46. The van der Waals surface area contributed by atoms with E-state index in [9.17, 15) is 8.42 Å². The highest BCUT2D eigenvalue weighted by atomic mass is 35.7. The molecule has 3 nitrogen and oxygen atoms in total. The number of hydrogen-bond acceptors (Lipinski definition) is 3. The van der Waals surface area contributed by atoms with Gasteiger partial charge in [-0.2, -0.15) is 0 Å². The van der Waals surface area contributed by atoms with Gasteiger partial charge in [0.15, 0.2) is 0 Å². The lowest BCUT2D eigenvalue weighted by Gasteiger charge is -2.25. The second-order valence-corrected chi connectivity index (χ2v) is 8.60. The summed E-state index contributed by atoms with van der Waals surface area (Å²) < 4.78 is 27.8. The summed E-state index contributed by atoms with van der Waals surface area (Å²) >= 11 is 0. The molecular formula is C13H27ClO3S. The Hall–Kier alpha value is 0.200. The summed E-state index contributed by atoms with van der Waals surface area (Å²) in [5.41, 5.74) is -0.432. The largest absolute Gasteiger partial charge is 0.378 e. The molecule has 0 rings (SSSR count). The van der Waals surface area contributed by atoms with Crippen molar-refractivity contribution in [2.24, 2.45) is 5.41 Å². The predicted molar refractivity (Wildman–Crippen MR) is 77.6 cm³/mol. The van der Waals surface area contributed by atoms with Crippen LogP contribution in [0.3, 0.4) is 0 Å². The van der Waals surface area contributed by atoms with E-state index in [4.69, 9.17) is 15.4 Å². The Labute approximate surface area is 117 Å². The van der Waals surface area contributed by atoms with Crippen LogP contribution >= 0.6 is 10.7 Å². The van der Waals surface area contributed by atoms with Crippen LogP contribution < -0.4 is 0 Å². The molecule has 0 aliphatic heterocycles. The van der Waals surface area contributed by atoms with Gasteiger partial charge >= 0.3 is 0 Å². The first-order valence-electron chi connectivity index (χ1n) is 6.70. The summed E-state index contributed by atoms with van der Waals surface area (Å²) in [6.07, 6.45) is 6.12. The second kappa shape index (κ2) is 8.39. The molecule has 1 atom stereocenters. The monoisotopic (exact) mass is 298 g/mol. The summed E-state index contributed by atoms with van der Waals surface area (Å²) in [4.78, 5) is 0. The Kier molecular flexibility index (Phi) is 8.48. The number of rotatable bonds is 10. The standard InChI is InChI=1S/C13H27ClO3S/c1-5-6-7-8-9-12(2)17-10-13(3,4)11-18(14,15)16/h12H,5-11H2,1-4H3. The number of unbranched alkanes of at least 4 members (excludes halogenated alkanes) is 3. The average molecular weight is 299 g/mol. The van der Waals surface area contributed by atoms with Gasteiger partial charge in [-0.25, -0.2) is 8.42 Å². The van der Waals surface area contributed by atoms with E-state index in [1.807, 2.05) is 20.8 Å². The third-order valence-electron chi connectivity index (χ3n) is 2.79. The first-order valence-corrected chi connectivity index (χ1v) is 9.18. The number of halogens is 1. The zero-order valence-electron chi connectivity index (χ0n) is 12.0. The number of hydrogen-bond donors (Lipinski definition) is 0. The molecule has 0 aromatic rings. The minimum absolute atomic E-state index is 0.0515. The molecule has 0 radical (unpaired) electrons. The predicted octanol–water partition coefficient (Wildman–Crippen LogP) is 3.96. The van der Waals surface area contributed by atoms with Gasteiger partial charge in [-0.3, -0.25) is 0 Å². The quantitative estimate of drug-likeness (QED) is 0.453. The Morgan fingerprint density at radius 2 is 1.83 bits per heavy atom. The highest BCUT2D eigenvalue weighted by molar-refractivity contribution is 8.13. The highest BCUT2D eigenvalue weighted by Gasteiger charge is 2.25. The lowest BCUT2D eigenvalue weighted by atomic mass is 9.98. The fourth-order valence-electron chi connectivity index (χ4n) is 1.82. The van der Waals surface area contributed by atoms with E-state index in [-0.39, 0.29) is 11.9 Å². The van der Waals surface area contributed by atoms with Crippen molar-refractivity contribution < 1.29 is 13.2 Å². The maximum Gasteiger partial charge on any atom is 0.233 e. The molecule has 0 spiro atoms. The van der Waals surface area contributed by atoms with E-state index in [0.717, 1.165) is 6.42 Å². The topological polar surface area (TPSA) is 43.4 Å². The summed E-state index contributed by atoms with van der Waals surface area (Å²) in [7, 11) is 1.81. The SMILES string of the molecule is CCCCCCC(C)OCC(C)(C)CS(=O)(=O)Cl. The molecule has 5 heteroatoms. The molecule has 1 unspecified atom stereocenters. The van der Waals surface area contributed by atoms with Crippen LogP contribution in [0.15, 0.2) is 0 Å². The molecular weight excluding hydrogens is 272 g/mol. The van der Waals surface area contributed by atoms with E-state index in [2.05, 4.69) is 6.92 Å². The molecule has 0 amide bonds. The molecule has 0 aromatic carbocycles. The van der Waals surface area contributed by atoms with E-state index in [0.29, 0.717) is 6.61 Å². The zero-order chi connectivity index (χ0) is 14.2. The van der Waals surface area contributed by atoms with E-state index in [1.54, 1.807) is 0 Å². The van der Waals surface area contributed by atoms with Gasteiger partial charge in [0.1, 0.15) is 0 Å². The summed E-state index contributed by atoms with van der Waals surface area (Å²) in [5, 5.41) is 0. The van der Waals surface area contributed by atoms with Gasteiger partial charge in [0, 0.05) is 16.1 Å². The van der Waals surface area contributed by atoms with Crippen molar-refractivity contribution in [3.63, 3.8) is 0 Å². The van der Waals surface area contributed by atoms with E-state index >= 15 is 0 Å². The maximum absolute atomic E-state index is 11.0. The van der Waals surface area contributed by atoms with Crippen LogP contribution in [0.1, 0.15) is 59.8 Å². The van der Waals surface area contributed by atoms with Crippen LogP contribution in [-0.2, 0) is 13.8 Å². The number of ether oxygens (including phenoxy) is 1. The molecule has 0 bridgehead atoms. The molecule has 110 valence electrons. The van der Waals surface area contributed by atoms with Crippen LogP contribution in [0.4, 0.5) is 0 Å². The molecule has 0 N–H and O–H groups in total. The molecule has 18 heavy (non-hydrogen) atoms. The Morgan fingerprint density at radius 3 is 2.33 bits per heavy atom. The normalized spacial score (nSPS) is 14.7. The Bertz CT molecular complexity index is 312. The summed E-state index contributed by atoms with van der Waals surface area (Å²) in [5.74, 6) is -0.0515. The van der Waals surface area contributed by atoms with Gasteiger partial charge in [0.2, 0.25) is 9.05 Å². The highest BCUT2D eigenvalue weighted by Crippen LogP contribution is 2.21. The van der Waals surface area contributed by atoms with E-state index < -0.39 is 14.5 Å². The molecule has 0 aliphatic carbocycles. The van der Waals surface area contributed by atoms with Crippen molar-refractivity contribution >= 4 is 19.7 Å². The molecule has 0 fully saturated rings. The summed E-state index contributed by atoms with van der Waals surface area (Å²) in [6.45, 7) is 8.37. The van der Waals surface area contributed by atoms with E-state index in [1.165, 1.54) is 25.7 Å². The van der Waals surface area contributed by atoms with Crippen molar-refractivity contribution in [3.8, 4) is 0 Å².